The van der Waals surface area contributed by atoms with Gasteiger partial charge in [-0.2, -0.15) is 0 Å². The number of amides is 1. The summed E-state index contributed by atoms with van der Waals surface area (Å²) >= 11 is 0. The van der Waals surface area contributed by atoms with Gasteiger partial charge in [-0.15, -0.1) is 0 Å². The quantitative estimate of drug-likeness (QED) is 0.869. The van der Waals surface area contributed by atoms with E-state index in [1.807, 2.05) is 31.2 Å². The van der Waals surface area contributed by atoms with Crippen LogP contribution in [0, 0.1) is 0 Å². The van der Waals surface area contributed by atoms with Crippen LogP contribution in [-0.2, 0) is 10.2 Å². The van der Waals surface area contributed by atoms with Crippen molar-refractivity contribution in [3.05, 3.63) is 59.7 Å². The first-order valence-electron chi connectivity index (χ1n) is 8.11. The molecule has 0 aliphatic heterocycles. The number of carboxylic acids is 1. The molecule has 0 bridgehead atoms. The minimum atomic E-state index is -1.00. The fourth-order valence-electron chi connectivity index (χ4n) is 2.53. The second-order valence-electron chi connectivity index (χ2n) is 6.26. The van der Waals surface area contributed by atoms with E-state index in [4.69, 9.17) is 4.74 Å². The van der Waals surface area contributed by atoms with Crippen LogP contribution < -0.4 is 9.64 Å². The number of ether oxygens (including phenoxy) is 1. The maximum Gasteiger partial charge on any atom is 0.313 e. The third-order valence-corrected chi connectivity index (χ3v) is 4.31. The van der Waals surface area contributed by atoms with Crippen LogP contribution in [0.2, 0.25) is 0 Å². The van der Waals surface area contributed by atoms with E-state index in [0.29, 0.717) is 23.4 Å². The lowest BCUT2D eigenvalue weighted by Crippen LogP contribution is -2.31. The van der Waals surface area contributed by atoms with Gasteiger partial charge in [0.2, 0.25) is 0 Å². The topological polar surface area (TPSA) is 66.8 Å². The summed E-state index contributed by atoms with van der Waals surface area (Å²) in [6.45, 7) is 5.69. The first-order chi connectivity index (χ1) is 11.8. The number of nitrogens with zero attached hydrogens (tertiary/aromatic N) is 1. The molecular formula is C20H23NO4. The molecule has 0 aliphatic rings. The summed E-state index contributed by atoms with van der Waals surface area (Å²) in [5.74, 6) is -0.365. The van der Waals surface area contributed by atoms with Gasteiger partial charge in [0, 0.05) is 23.9 Å². The molecule has 2 rings (SSSR count). The highest BCUT2D eigenvalue weighted by atomic mass is 16.5. The number of benzene rings is 2. The minimum Gasteiger partial charge on any atom is -0.497 e. The maximum absolute atomic E-state index is 12.8. The van der Waals surface area contributed by atoms with E-state index >= 15 is 0 Å². The van der Waals surface area contributed by atoms with E-state index in [-0.39, 0.29) is 5.91 Å². The lowest BCUT2D eigenvalue weighted by molar-refractivity contribution is -0.142. The van der Waals surface area contributed by atoms with Gasteiger partial charge in [0.1, 0.15) is 5.75 Å². The van der Waals surface area contributed by atoms with Gasteiger partial charge < -0.3 is 14.7 Å². The smallest absolute Gasteiger partial charge is 0.313 e. The van der Waals surface area contributed by atoms with E-state index in [1.54, 1.807) is 50.1 Å². The lowest BCUT2D eigenvalue weighted by atomic mass is 9.84. The van der Waals surface area contributed by atoms with E-state index in [9.17, 15) is 14.7 Å². The molecule has 0 heterocycles. The molecule has 0 radical (unpaired) electrons. The van der Waals surface area contributed by atoms with Crippen LogP contribution in [0.4, 0.5) is 5.69 Å². The Hall–Kier alpha value is -2.82. The summed E-state index contributed by atoms with van der Waals surface area (Å²) in [5.41, 5.74) is 0.913. The second-order valence-corrected chi connectivity index (χ2v) is 6.26. The Balaban J connectivity index is 2.30. The first-order valence-corrected chi connectivity index (χ1v) is 8.11. The second kappa shape index (κ2) is 7.38. The van der Waals surface area contributed by atoms with E-state index in [2.05, 4.69) is 0 Å². The fraction of sp³-hybridized carbons (Fsp3) is 0.300. The third-order valence-electron chi connectivity index (χ3n) is 4.31. The van der Waals surface area contributed by atoms with Crippen molar-refractivity contribution in [1.29, 1.82) is 0 Å². The molecule has 2 aromatic carbocycles. The van der Waals surface area contributed by atoms with Crippen molar-refractivity contribution in [2.45, 2.75) is 26.2 Å². The number of hydrogen-bond acceptors (Lipinski definition) is 3. The number of hydrogen-bond donors (Lipinski definition) is 1. The average molecular weight is 341 g/mol. The molecule has 0 unspecified atom stereocenters. The monoisotopic (exact) mass is 341 g/mol. The summed E-state index contributed by atoms with van der Waals surface area (Å²) in [7, 11) is 1.58. The number of carboxylic acid groups (broad SMARTS) is 1. The highest BCUT2D eigenvalue weighted by Crippen LogP contribution is 2.26. The normalized spacial score (nSPS) is 11.0. The van der Waals surface area contributed by atoms with Crippen molar-refractivity contribution in [1.82, 2.24) is 0 Å². The van der Waals surface area contributed by atoms with E-state index in [0.717, 1.165) is 5.69 Å². The number of aliphatic carboxylic acids is 1. The number of rotatable bonds is 6. The molecule has 0 fully saturated rings. The predicted molar refractivity (Wildman–Crippen MR) is 97.4 cm³/mol. The molecule has 2 aromatic rings. The Bertz CT molecular complexity index is 766. The van der Waals surface area contributed by atoms with Crippen LogP contribution >= 0.6 is 0 Å². The van der Waals surface area contributed by atoms with Gasteiger partial charge in [0.25, 0.3) is 5.91 Å². The summed E-state index contributed by atoms with van der Waals surface area (Å²) in [4.78, 5) is 25.8. The lowest BCUT2D eigenvalue weighted by Gasteiger charge is -2.23. The van der Waals surface area contributed by atoms with Crippen molar-refractivity contribution in [2.24, 2.45) is 0 Å². The standard InChI is InChI=1S/C20H23NO4/c1-5-21(16-7-6-8-17(13-16)25-4)18(22)14-9-11-15(12-10-14)20(2,3)19(23)24/h6-13H,5H2,1-4H3,(H,23,24). The van der Waals surface area contributed by atoms with Crippen molar-refractivity contribution >= 4 is 17.6 Å². The minimum absolute atomic E-state index is 0.143. The Labute approximate surface area is 147 Å². The highest BCUT2D eigenvalue weighted by Gasteiger charge is 2.29. The van der Waals surface area contributed by atoms with Crippen LogP contribution in [0.15, 0.2) is 48.5 Å². The van der Waals surface area contributed by atoms with E-state index in [1.165, 1.54) is 0 Å². The molecule has 1 N–H and O–H groups in total. The fourth-order valence-corrected chi connectivity index (χ4v) is 2.53. The van der Waals surface area contributed by atoms with Gasteiger partial charge in [0.15, 0.2) is 0 Å². The van der Waals surface area contributed by atoms with Crippen LogP contribution in [-0.4, -0.2) is 30.6 Å². The molecule has 0 spiro atoms. The van der Waals surface area contributed by atoms with Crippen LogP contribution in [0.25, 0.3) is 0 Å². The highest BCUT2D eigenvalue weighted by molar-refractivity contribution is 6.06. The number of anilines is 1. The molecule has 0 atom stereocenters. The molecule has 0 aromatic heterocycles. The largest absolute Gasteiger partial charge is 0.497 e. The van der Waals surface area contributed by atoms with Gasteiger partial charge >= 0.3 is 5.97 Å². The predicted octanol–water partition coefficient (Wildman–Crippen LogP) is 3.72. The summed E-state index contributed by atoms with van der Waals surface area (Å²) in [5, 5.41) is 9.31. The molecule has 5 nitrogen and oxygen atoms in total. The SMILES string of the molecule is CCN(C(=O)c1ccc(C(C)(C)C(=O)O)cc1)c1cccc(OC)c1. The third kappa shape index (κ3) is 3.82. The molecule has 132 valence electrons. The number of methoxy groups -OCH3 is 1. The Morgan fingerprint density at radius 1 is 1.12 bits per heavy atom. The van der Waals surface area contributed by atoms with Crippen LogP contribution in [0.1, 0.15) is 36.7 Å². The molecule has 5 heteroatoms. The summed E-state index contributed by atoms with van der Waals surface area (Å²) in [6, 6.07) is 14.1. The van der Waals surface area contributed by atoms with Crippen molar-refractivity contribution in [3.63, 3.8) is 0 Å². The summed E-state index contributed by atoms with van der Waals surface area (Å²) in [6.07, 6.45) is 0. The molecule has 1 amide bonds. The van der Waals surface area contributed by atoms with Crippen molar-refractivity contribution in [3.8, 4) is 5.75 Å². The molecule has 0 saturated carbocycles. The molecule has 25 heavy (non-hydrogen) atoms. The van der Waals surface area contributed by atoms with Gasteiger partial charge in [-0.25, -0.2) is 0 Å². The van der Waals surface area contributed by atoms with Crippen molar-refractivity contribution in [2.75, 3.05) is 18.6 Å². The Kier molecular flexibility index (Phi) is 5.47. The maximum atomic E-state index is 12.8. The Morgan fingerprint density at radius 2 is 1.76 bits per heavy atom. The summed E-state index contributed by atoms with van der Waals surface area (Å²) < 4.78 is 5.22. The van der Waals surface area contributed by atoms with E-state index < -0.39 is 11.4 Å². The molecule has 0 saturated heterocycles. The van der Waals surface area contributed by atoms with Gasteiger partial charge in [0.05, 0.1) is 12.5 Å². The Morgan fingerprint density at radius 3 is 2.28 bits per heavy atom. The van der Waals surface area contributed by atoms with Gasteiger partial charge in [-0.1, -0.05) is 18.2 Å². The zero-order valence-electron chi connectivity index (χ0n) is 14.9. The molecular weight excluding hydrogens is 318 g/mol. The van der Waals surface area contributed by atoms with Crippen LogP contribution in [0.3, 0.4) is 0 Å². The average Bonchev–Trinajstić information content (AvgIpc) is 2.62. The van der Waals surface area contributed by atoms with Gasteiger partial charge in [-0.3, -0.25) is 9.59 Å². The zero-order chi connectivity index (χ0) is 18.6. The number of carbonyl (C=O) groups excluding carboxylic acids is 1. The van der Waals surface area contributed by atoms with Gasteiger partial charge in [-0.05, 0) is 50.6 Å². The van der Waals surface area contributed by atoms with Crippen LogP contribution in [0.5, 0.6) is 5.75 Å². The molecule has 0 aliphatic carbocycles. The number of carbonyl (C=O) groups is 2. The first kappa shape index (κ1) is 18.5. The van der Waals surface area contributed by atoms with Crippen molar-refractivity contribution < 1.29 is 19.4 Å². The zero-order valence-corrected chi connectivity index (χ0v) is 14.9.